The average Bonchev–Trinajstić information content (AvgIpc) is 2.51. The van der Waals surface area contributed by atoms with Crippen molar-refractivity contribution in [3.05, 3.63) is 23.8 Å². The van der Waals surface area contributed by atoms with Crippen LogP contribution in [0.4, 0.5) is 0 Å². The van der Waals surface area contributed by atoms with Crippen molar-refractivity contribution in [2.75, 3.05) is 0 Å². The summed E-state index contributed by atoms with van der Waals surface area (Å²) in [6.45, 7) is 11.3. The van der Waals surface area contributed by atoms with Crippen molar-refractivity contribution in [2.24, 2.45) is 17.3 Å². The highest BCUT2D eigenvalue weighted by atomic mass is 16.5. The Morgan fingerprint density at radius 3 is 2.59 bits per heavy atom. The predicted molar refractivity (Wildman–Crippen MR) is 70.6 cm³/mol. The highest BCUT2D eigenvalue weighted by molar-refractivity contribution is 5.37. The van der Waals surface area contributed by atoms with Gasteiger partial charge in [0.05, 0.1) is 0 Å². The molecule has 0 aliphatic heterocycles. The van der Waals surface area contributed by atoms with Crippen molar-refractivity contribution < 1.29 is 9.53 Å². The van der Waals surface area contributed by atoms with Gasteiger partial charge in [-0.25, -0.2) is 0 Å². The summed E-state index contributed by atoms with van der Waals surface area (Å²) in [5.74, 6) is 0.824. The molecule has 1 aliphatic carbocycles. The summed E-state index contributed by atoms with van der Waals surface area (Å²) in [6, 6.07) is 0. The molecule has 0 N–H and O–H groups in total. The van der Waals surface area contributed by atoms with E-state index in [2.05, 4.69) is 45.9 Å². The first-order valence-corrected chi connectivity index (χ1v) is 6.34. The van der Waals surface area contributed by atoms with Gasteiger partial charge in [-0.3, -0.25) is 4.79 Å². The van der Waals surface area contributed by atoms with E-state index in [-0.39, 0.29) is 17.4 Å². The van der Waals surface area contributed by atoms with Gasteiger partial charge in [0.25, 0.3) is 6.47 Å². The molecule has 0 bridgehead atoms. The monoisotopic (exact) mass is 236 g/mol. The van der Waals surface area contributed by atoms with Gasteiger partial charge in [0.2, 0.25) is 0 Å². The normalized spacial score (nSPS) is 26.6. The standard InChI is InChI=1S/C15H24O2/c1-11(13(3)17-10-16)6-8-14-9-7-12(2)15(14,4)5/h6-8,10-11,13-14H,9H2,1-5H3/b8-6+. The van der Waals surface area contributed by atoms with E-state index in [1.54, 1.807) is 0 Å². The van der Waals surface area contributed by atoms with E-state index in [1.807, 2.05) is 6.92 Å². The van der Waals surface area contributed by atoms with Crippen LogP contribution in [-0.4, -0.2) is 12.6 Å². The van der Waals surface area contributed by atoms with Gasteiger partial charge < -0.3 is 4.74 Å². The first-order chi connectivity index (χ1) is 7.89. The molecule has 0 radical (unpaired) electrons. The predicted octanol–water partition coefficient (Wildman–Crippen LogP) is 3.73. The van der Waals surface area contributed by atoms with Crippen LogP contribution in [-0.2, 0) is 9.53 Å². The number of carbonyl (C=O) groups excluding carboxylic acids is 1. The minimum atomic E-state index is -0.0534. The molecule has 2 nitrogen and oxygen atoms in total. The second-order valence-corrected chi connectivity index (χ2v) is 5.63. The van der Waals surface area contributed by atoms with Crippen LogP contribution >= 0.6 is 0 Å². The Bertz CT molecular complexity index is 326. The molecule has 2 heteroatoms. The summed E-state index contributed by atoms with van der Waals surface area (Å²) < 4.78 is 4.95. The lowest BCUT2D eigenvalue weighted by atomic mass is 9.77. The van der Waals surface area contributed by atoms with Gasteiger partial charge in [0, 0.05) is 5.92 Å². The van der Waals surface area contributed by atoms with Crippen LogP contribution in [0.25, 0.3) is 0 Å². The van der Waals surface area contributed by atoms with Gasteiger partial charge in [-0.2, -0.15) is 0 Å². The quantitative estimate of drug-likeness (QED) is 0.537. The van der Waals surface area contributed by atoms with Crippen molar-refractivity contribution in [1.82, 2.24) is 0 Å². The second kappa shape index (κ2) is 5.52. The highest BCUT2D eigenvalue weighted by Gasteiger charge is 2.33. The summed E-state index contributed by atoms with van der Waals surface area (Å²) in [5, 5.41) is 0. The number of hydrogen-bond donors (Lipinski definition) is 0. The Morgan fingerprint density at radius 1 is 1.47 bits per heavy atom. The SMILES string of the molecule is CC1=CCC(/C=C/C(C)C(C)OC=O)C1(C)C. The number of carbonyl (C=O) groups is 1. The van der Waals surface area contributed by atoms with E-state index in [9.17, 15) is 4.79 Å². The number of hydrogen-bond acceptors (Lipinski definition) is 2. The molecule has 0 aromatic carbocycles. The highest BCUT2D eigenvalue weighted by Crippen LogP contribution is 2.43. The molecule has 1 aliphatic rings. The van der Waals surface area contributed by atoms with Crippen LogP contribution in [0.1, 0.15) is 41.0 Å². The van der Waals surface area contributed by atoms with Crippen LogP contribution in [0.3, 0.4) is 0 Å². The molecule has 3 unspecified atom stereocenters. The maximum atomic E-state index is 10.3. The first-order valence-electron chi connectivity index (χ1n) is 6.34. The summed E-state index contributed by atoms with van der Waals surface area (Å²) >= 11 is 0. The van der Waals surface area contributed by atoms with Crippen LogP contribution in [0, 0.1) is 17.3 Å². The Hall–Kier alpha value is -1.05. The molecule has 0 spiro atoms. The molecule has 0 aromatic heterocycles. The van der Waals surface area contributed by atoms with Gasteiger partial charge in [-0.15, -0.1) is 0 Å². The fourth-order valence-electron chi connectivity index (χ4n) is 2.15. The molecule has 3 atom stereocenters. The Balaban J connectivity index is 2.58. The van der Waals surface area contributed by atoms with E-state index in [4.69, 9.17) is 4.74 Å². The largest absolute Gasteiger partial charge is 0.464 e. The van der Waals surface area contributed by atoms with Gasteiger partial charge in [-0.05, 0) is 31.6 Å². The molecular formula is C15H24O2. The van der Waals surface area contributed by atoms with E-state index in [0.29, 0.717) is 12.4 Å². The van der Waals surface area contributed by atoms with E-state index in [0.717, 1.165) is 6.42 Å². The molecular weight excluding hydrogens is 212 g/mol. The van der Waals surface area contributed by atoms with Gasteiger partial charge in [0.1, 0.15) is 6.10 Å². The van der Waals surface area contributed by atoms with Crippen LogP contribution in [0.5, 0.6) is 0 Å². The van der Waals surface area contributed by atoms with Crippen molar-refractivity contribution >= 4 is 6.47 Å². The molecule has 0 amide bonds. The maximum absolute atomic E-state index is 10.3. The van der Waals surface area contributed by atoms with Crippen molar-refractivity contribution in [3.63, 3.8) is 0 Å². The zero-order valence-corrected chi connectivity index (χ0v) is 11.6. The van der Waals surface area contributed by atoms with Crippen molar-refractivity contribution in [3.8, 4) is 0 Å². The fraction of sp³-hybridized carbons (Fsp3) is 0.667. The third-order valence-corrected chi connectivity index (χ3v) is 4.28. The minimum absolute atomic E-state index is 0.0534. The lowest BCUT2D eigenvalue weighted by Crippen LogP contribution is -2.20. The molecule has 0 saturated heterocycles. The fourth-order valence-corrected chi connectivity index (χ4v) is 2.15. The summed E-state index contributed by atoms with van der Waals surface area (Å²) in [6.07, 6.45) is 7.84. The van der Waals surface area contributed by atoms with Gasteiger partial charge in [-0.1, -0.05) is 44.6 Å². The smallest absolute Gasteiger partial charge is 0.293 e. The molecule has 1 rings (SSSR count). The Kier molecular flexibility index (Phi) is 4.55. The minimum Gasteiger partial charge on any atom is -0.464 e. The lowest BCUT2D eigenvalue weighted by Gasteiger charge is -2.27. The lowest BCUT2D eigenvalue weighted by molar-refractivity contribution is -0.134. The van der Waals surface area contributed by atoms with E-state index < -0.39 is 0 Å². The molecule has 17 heavy (non-hydrogen) atoms. The third kappa shape index (κ3) is 3.21. The summed E-state index contributed by atoms with van der Waals surface area (Å²) in [4.78, 5) is 10.3. The number of rotatable bonds is 5. The zero-order valence-electron chi connectivity index (χ0n) is 11.6. The van der Waals surface area contributed by atoms with Crippen LogP contribution < -0.4 is 0 Å². The van der Waals surface area contributed by atoms with E-state index >= 15 is 0 Å². The van der Waals surface area contributed by atoms with Crippen molar-refractivity contribution in [2.45, 2.75) is 47.1 Å². The number of ether oxygens (including phenoxy) is 1. The molecule has 0 aromatic rings. The van der Waals surface area contributed by atoms with Crippen LogP contribution in [0.2, 0.25) is 0 Å². The van der Waals surface area contributed by atoms with E-state index in [1.165, 1.54) is 5.57 Å². The Morgan fingerprint density at radius 2 is 2.12 bits per heavy atom. The molecule has 0 heterocycles. The summed E-state index contributed by atoms with van der Waals surface area (Å²) in [7, 11) is 0. The molecule has 0 fully saturated rings. The zero-order chi connectivity index (χ0) is 13.1. The topological polar surface area (TPSA) is 26.3 Å². The first kappa shape index (κ1) is 14.0. The maximum Gasteiger partial charge on any atom is 0.293 e. The summed E-state index contributed by atoms with van der Waals surface area (Å²) in [5.41, 5.74) is 1.72. The molecule has 96 valence electrons. The Labute approximate surface area is 105 Å². The average molecular weight is 236 g/mol. The van der Waals surface area contributed by atoms with Gasteiger partial charge in [0.15, 0.2) is 0 Å². The number of allylic oxidation sites excluding steroid dienone is 3. The van der Waals surface area contributed by atoms with Crippen molar-refractivity contribution in [1.29, 1.82) is 0 Å². The van der Waals surface area contributed by atoms with Gasteiger partial charge >= 0.3 is 0 Å². The van der Waals surface area contributed by atoms with Crippen LogP contribution in [0.15, 0.2) is 23.8 Å². The second-order valence-electron chi connectivity index (χ2n) is 5.63. The third-order valence-electron chi connectivity index (χ3n) is 4.28. The molecule has 0 saturated carbocycles.